The number of carboxylic acid groups (broad SMARTS) is 1. The van der Waals surface area contributed by atoms with Gasteiger partial charge in [0, 0.05) is 6.54 Å². The number of amides is 1. The van der Waals surface area contributed by atoms with Crippen molar-refractivity contribution < 1.29 is 14.7 Å². The number of nitrogens with one attached hydrogen (secondary N) is 1. The highest BCUT2D eigenvalue weighted by Crippen LogP contribution is 1.97. The Morgan fingerprint density at radius 1 is 1.20 bits per heavy atom. The van der Waals surface area contributed by atoms with Gasteiger partial charge >= 0.3 is 5.97 Å². The van der Waals surface area contributed by atoms with Crippen LogP contribution in [0.5, 0.6) is 0 Å². The second-order valence-electron chi connectivity index (χ2n) is 2.83. The number of carboxylic acids is 1. The smallest absolute Gasteiger partial charge is 0.312 e. The van der Waals surface area contributed by atoms with Crippen molar-refractivity contribution >= 4 is 11.9 Å². The summed E-state index contributed by atoms with van der Waals surface area (Å²) in [6.45, 7) is 0.368. The molecule has 0 aliphatic heterocycles. The molecule has 0 bridgehead atoms. The van der Waals surface area contributed by atoms with E-state index in [1.165, 1.54) is 0 Å². The molecule has 1 aromatic rings. The predicted octanol–water partition coefficient (Wildman–Crippen LogP) is 1.41. The molecule has 0 heterocycles. The van der Waals surface area contributed by atoms with Crippen LogP contribution in [0, 0.1) is 0 Å². The predicted molar refractivity (Wildman–Crippen MR) is 57.3 cm³/mol. The van der Waals surface area contributed by atoms with Gasteiger partial charge in [0.1, 0.15) is 6.42 Å². The van der Waals surface area contributed by atoms with E-state index in [4.69, 9.17) is 5.11 Å². The lowest BCUT2D eigenvalue weighted by atomic mass is 10.2. The summed E-state index contributed by atoms with van der Waals surface area (Å²) in [7, 11) is 0. The minimum Gasteiger partial charge on any atom is -0.481 e. The number of aliphatic carboxylic acids is 1. The van der Waals surface area contributed by atoms with E-state index < -0.39 is 18.3 Å². The molecule has 0 radical (unpaired) electrons. The average molecular weight is 209 g/mol. The van der Waals surface area contributed by atoms with E-state index in [0.29, 0.717) is 6.54 Å². The largest absolute Gasteiger partial charge is 0.481 e. The number of rotatable bonds is 4. The van der Waals surface area contributed by atoms with Gasteiger partial charge in [-0.25, -0.2) is 0 Å². The number of carbonyl (C=O) groups is 2. The molecule has 1 aromatic carbocycles. The lowest BCUT2D eigenvalue weighted by molar-refractivity contribution is -0.140. The first kappa shape index (κ1) is 13.2. The van der Waals surface area contributed by atoms with Crippen molar-refractivity contribution in [2.75, 3.05) is 0 Å². The average Bonchev–Trinajstić information content (AvgIpc) is 2.15. The molecule has 0 aliphatic carbocycles. The van der Waals surface area contributed by atoms with Crippen LogP contribution < -0.4 is 5.32 Å². The van der Waals surface area contributed by atoms with Crippen molar-refractivity contribution in [3.05, 3.63) is 35.9 Å². The highest BCUT2D eigenvalue weighted by atomic mass is 16.4. The fourth-order valence-electron chi connectivity index (χ4n) is 0.996. The van der Waals surface area contributed by atoms with E-state index in [1.807, 2.05) is 30.3 Å². The Balaban J connectivity index is 0.00000196. The van der Waals surface area contributed by atoms with Crippen LogP contribution in [0.4, 0.5) is 0 Å². The summed E-state index contributed by atoms with van der Waals surface area (Å²) >= 11 is 0. The second-order valence-corrected chi connectivity index (χ2v) is 2.83. The molecule has 0 unspecified atom stereocenters. The molecule has 2 N–H and O–H groups in total. The monoisotopic (exact) mass is 209 g/mol. The maximum Gasteiger partial charge on any atom is 0.312 e. The third-order valence-corrected chi connectivity index (χ3v) is 1.64. The zero-order valence-corrected chi connectivity index (χ0v) is 7.56. The van der Waals surface area contributed by atoms with Crippen LogP contribution in [0.2, 0.25) is 0 Å². The third kappa shape index (κ3) is 5.46. The first-order chi connectivity index (χ1) is 6.68. The molecule has 0 saturated heterocycles. The molecular formula is C11H15NO3. The molecule has 15 heavy (non-hydrogen) atoms. The molecule has 0 fully saturated rings. The van der Waals surface area contributed by atoms with Crippen molar-refractivity contribution in [1.29, 1.82) is 0 Å². The van der Waals surface area contributed by atoms with E-state index in [0.717, 1.165) is 5.56 Å². The molecule has 1 rings (SSSR count). The molecule has 82 valence electrons. The minimum absolute atomic E-state index is 0. The Bertz CT molecular complexity index is 322. The van der Waals surface area contributed by atoms with E-state index in [-0.39, 0.29) is 7.43 Å². The van der Waals surface area contributed by atoms with Gasteiger partial charge in [0.15, 0.2) is 0 Å². The van der Waals surface area contributed by atoms with Crippen LogP contribution in [0.3, 0.4) is 0 Å². The van der Waals surface area contributed by atoms with Crippen LogP contribution in [-0.2, 0) is 16.1 Å². The van der Waals surface area contributed by atoms with Crippen LogP contribution in [-0.4, -0.2) is 17.0 Å². The van der Waals surface area contributed by atoms with Crippen molar-refractivity contribution in [2.24, 2.45) is 0 Å². The van der Waals surface area contributed by atoms with Crippen molar-refractivity contribution in [3.63, 3.8) is 0 Å². The van der Waals surface area contributed by atoms with Gasteiger partial charge in [-0.15, -0.1) is 0 Å². The number of benzene rings is 1. The molecule has 4 heteroatoms. The van der Waals surface area contributed by atoms with E-state index in [9.17, 15) is 9.59 Å². The molecule has 0 atom stereocenters. The fraction of sp³-hybridized carbons (Fsp3) is 0.273. The van der Waals surface area contributed by atoms with Gasteiger partial charge in [0.25, 0.3) is 0 Å². The minimum atomic E-state index is -1.12. The van der Waals surface area contributed by atoms with E-state index >= 15 is 0 Å². The molecule has 0 spiro atoms. The lowest BCUT2D eigenvalue weighted by Crippen LogP contribution is -2.24. The number of hydrogen-bond donors (Lipinski definition) is 2. The number of hydrogen-bond acceptors (Lipinski definition) is 2. The van der Waals surface area contributed by atoms with Crippen LogP contribution in [0.25, 0.3) is 0 Å². The topological polar surface area (TPSA) is 66.4 Å². The third-order valence-electron chi connectivity index (χ3n) is 1.64. The maximum absolute atomic E-state index is 10.9. The van der Waals surface area contributed by atoms with Gasteiger partial charge in [-0.3, -0.25) is 9.59 Å². The zero-order chi connectivity index (χ0) is 10.4. The summed E-state index contributed by atoms with van der Waals surface area (Å²) in [5, 5.41) is 10.8. The summed E-state index contributed by atoms with van der Waals surface area (Å²) in [6, 6.07) is 9.32. The van der Waals surface area contributed by atoms with Gasteiger partial charge < -0.3 is 10.4 Å². The summed E-state index contributed by atoms with van der Waals surface area (Å²) in [5.74, 6) is -1.59. The van der Waals surface area contributed by atoms with Crippen LogP contribution >= 0.6 is 0 Å². The van der Waals surface area contributed by atoms with Gasteiger partial charge in [0.2, 0.25) is 5.91 Å². The first-order valence-corrected chi connectivity index (χ1v) is 4.21. The zero-order valence-electron chi connectivity index (χ0n) is 7.56. The van der Waals surface area contributed by atoms with Crippen LogP contribution in [0.15, 0.2) is 30.3 Å². The molecule has 0 aromatic heterocycles. The molecule has 0 aliphatic rings. The summed E-state index contributed by atoms with van der Waals surface area (Å²) in [4.78, 5) is 21.1. The Morgan fingerprint density at radius 2 is 1.80 bits per heavy atom. The Hall–Kier alpha value is -1.84. The lowest BCUT2D eigenvalue weighted by Gasteiger charge is -2.02. The van der Waals surface area contributed by atoms with E-state index in [2.05, 4.69) is 5.32 Å². The standard InChI is InChI=1S/C10H11NO3.CH4/c12-9(6-10(13)14)11-7-8-4-2-1-3-5-8;/h1-5H,6-7H2,(H,11,12)(H,13,14);1H4. The summed E-state index contributed by atoms with van der Waals surface area (Å²) in [5.41, 5.74) is 0.950. The fourth-order valence-corrected chi connectivity index (χ4v) is 0.996. The van der Waals surface area contributed by atoms with E-state index in [1.54, 1.807) is 0 Å². The number of carbonyl (C=O) groups excluding carboxylic acids is 1. The SMILES string of the molecule is C.O=C(O)CC(=O)NCc1ccccc1. The van der Waals surface area contributed by atoms with Crippen molar-refractivity contribution in [2.45, 2.75) is 20.4 Å². The quantitative estimate of drug-likeness (QED) is 0.737. The Labute approximate surface area is 88.9 Å². The van der Waals surface area contributed by atoms with Gasteiger partial charge in [-0.2, -0.15) is 0 Å². The molecular weight excluding hydrogens is 194 g/mol. The molecule has 4 nitrogen and oxygen atoms in total. The highest BCUT2D eigenvalue weighted by molar-refractivity contribution is 5.93. The first-order valence-electron chi connectivity index (χ1n) is 4.21. The Kier molecular flexibility index (Phi) is 5.78. The molecule has 1 amide bonds. The summed E-state index contributed by atoms with van der Waals surface area (Å²) < 4.78 is 0. The van der Waals surface area contributed by atoms with Gasteiger partial charge in [-0.05, 0) is 5.56 Å². The maximum atomic E-state index is 10.9. The van der Waals surface area contributed by atoms with Crippen molar-refractivity contribution in [1.82, 2.24) is 5.32 Å². The molecule has 0 saturated carbocycles. The summed E-state index contributed by atoms with van der Waals surface area (Å²) in [6.07, 6.45) is -0.479. The van der Waals surface area contributed by atoms with Crippen molar-refractivity contribution in [3.8, 4) is 0 Å². The normalized spacial score (nSPS) is 8.80. The van der Waals surface area contributed by atoms with Crippen LogP contribution in [0.1, 0.15) is 19.4 Å². The second kappa shape index (κ2) is 6.59. The Morgan fingerprint density at radius 3 is 2.33 bits per heavy atom. The van der Waals surface area contributed by atoms with Gasteiger partial charge in [0.05, 0.1) is 0 Å². The van der Waals surface area contributed by atoms with Gasteiger partial charge in [-0.1, -0.05) is 37.8 Å². The highest BCUT2D eigenvalue weighted by Gasteiger charge is 2.05.